The van der Waals surface area contributed by atoms with Gasteiger partial charge in [0.05, 0.1) is 17.7 Å². The van der Waals surface area contributed by atoms with Crippen molar-refractivity contribution in [1.82, 2.24) is 9.38 Å². The second kappa shape index (κ2) is 5.81. The van der Waals surface area contributed by atoms with Crippen LogP contribution in [0.4, 0.5) is 9.39 Å². The molecule has 3 N–H and O–H groups in total. The first kappa shape index (κ1) is 15.2. The van der Waals surface area contributed by atoms with Crippen molar-refractivity contribution in [2.75, 3.05) is 5.32 Å². The molecule has 0 aliphatic rings. The van der Waals surface area contributed by atoms with Gasteiger partial charge in [0.1, 0.15) is 16.5 Å². The van der Waals surface area contributed by atoms with E-state index in [1.807, 2.05) is 6.92 Å². The zero-order valence-corrected chi connectivity index (χ0v) is 13.0. The smallest absolute Gasteiger partial charge is 0.251 e. The molecule has 0 saturated heterocycles. The highest BCUT2D eigenvalue weighted by atomic mass is 32.1. The van der Waals surface area contributed by atoms with Crippen LogP contribution < -0.4 is 11.1 Å². The Morgan fingerprint density at radius 2 is 2.17 bits per heavy atom. The summed E-state index contributed by atoms with van der Waals surface area (Å²) < 4.78 is 14.7. The zero-order valence-electron chi connectivity index (χ0n) is 12.2. The summed E-state index contributed by atoms with van der Waals surface area (Å²) in [5, 5.41) is 3.10. The summed E-state index contributed by atoms with van der Waals surface area (Å²) >= 11 is 1.28. The molecule has 0 radical (unpaired) electrons. The quantitative estimate of drug-likeness (QED) is 0.767. The summed E-state index contributed by atoms with van der Waals surface area (Å²) in [6.45, 7) is 1.82. The molecule has 0 saturated carbocycles. The van der Waals surface area contributed by atoms with Crippen molar-refractivity contribution < 1.29 is 14.0 Å². The van der Waals surface area contributed by atoms with Crippen LogP contribution in [0.1, 0.15) is 20.9 Å². The lowest BCUT2D eigenvalue weighted by molar-refractivity contribution is -0.115. The molecule has 118 valence electrons. The summed E-state index contributed by atoms with van der Waals surface area (Å²) in [5.41, 5.74) is 6.63. The van der Waals surface area contributed by atoms with Crippen LogP contribution in [0.2, 0.25) is 0 Å². The van der Waals surface area contributed by atoms with E-state index in [-0.39, 0.29) is 23.7 Å². The number of thiophene rings is 1. The van der Waals surface area contributed by atoms with Crippen LogP contribution in [-0.4, -0.2) is 21.2 Å². The monoisotopic (exact) mass is 332 g/mol. The van der Waals surface area contributed by atoms with E-state index in [1.165, 1.54) is 34.1 Å². The molecule has 3 aromatic heterocycles. The lowest BCUT2D eigenvalue weighted by Crippen LogP contribution is -2.18. The number of hydrogen-bond donors (Lipinski definition) is 2. The Labute approximate surface area is 134 Å². The number of fused-ring (bicyclic) bond motifs is 1. The van der Waals surface area contributed by atoms with Gasteiger partial charge < -0.3 is 15.5 Å². The topological polar surface area (TPSA) is 89.5 Å². The highest BCUT2D eigenvalue weighted by molar-refractivity contribution is 7.16. The van der Waals surface area contributed by atoms with E-state index in [1.54, 1.807) is 12.3 Å². The molecule has 0 aromatic carbocycles. The van der Waals surface area contributed by atoms with Crippen LogP contribution in [0.25, 0.3) is 5.65 Å². The Morgan fingerprint density at radius 1 is 1.39 bits per heavy atom. The average molecular weight is 332 g/mol. The first-order valence-electron chi connectivity index (χ1n) is 6.75. The summed E-state index contributed by atoms with van der Waals surface area (Å²) in [5.74, 6) is -1.29. The van der Waals surface area contributed by atoms with Crippen molar-refractivity contribution >= 4 is 33.8 Å². The molecule has 0 aliphatic carbocycles. The van der Waals surface area contributed by atoms with E-state index in [9.17, 15) is 14.0 Å². The second-order valence-corrected chi connectivity index (χ2v) is 6.29. The number of aryl methyl sites for hydroxylation is 1. The summed E-state index contributed by atoms with van der Waals surface area (Å²) in [6, 6.07) is 4.47. The molecule has 0 spiro atoms. The first-order valence-corrected chi connectivity index (χ1v) is 7.57. The maximum Gasteiger partial charge on any atom is 0.251 e. The van der Waals surface area contributed by atoms with E-state index >= 15 is 0 Å². The highest BCUT2D eigenvalue weighted by Gasteiger charge is 2.15. The maximum atomic E-state index is 13.1. The number of carbonyl (C=O) groups is 2. The van der Waals surface area contributed by atoms with Crippen LogP contribution in [0.5, 0.6) is 0 Å². The van der Waals surface area contributed by atoms with E-state index in [0.717, 1.165) is 4.88 Å². The van der Waals surface area contributed by atoms with Gasteiger partial charge in [0.25, 0.3) is 5.91 Å². The molecule has 0 atom stereocenters. The Bertz CT molecular complexity index is 915. The molecule has 0 unspecified atom stereocenters. The molecule has 0 bridgehead atoms. The van der Waals surface area contributed by atoms with Gasteiger partial charge in [-0.3, -0.25) is 9.59 Å². The number of carbonyl (C=O) groups excluding carboxylic acids is 2. The van der Waals surface area contributed by atoms with Crippen molar-refractivity contribution in [3.05, 3.63) is 52.5 Å². The van der Waals surface area contributed by atoms with Crippen LogP contribution in [-0.2, 0) is 11.2 Å². The predicted molar refractivity (Wildman–Crippen MR) is 85.1 cm³/mol. The Balaban J connectivity index is 1.77. The highest BCUT2D eigenvalue weighted by Crippen LogP contribution is 2.27. The van der Waals surface area contributed by atoms with Crippen molar-refractivity contribution in [3.8, 4) is 0 Å². The molecule has 3 rings (SSSR count). The minimum absolute atomic E-state index is 0.0123. The number of nitrogens with one attached hydrogen (secondary N) is 1. The predicted octanol–water partition coefficient (Wildman–Crippen LogP) is 2.12. The van der Waals surface area contributed by atoms with Crippen LogP contribution in [0.15, 0.2) is 30.6 Å². The number of rotatable bonds is 4. The minimum Gasteiger partial charge on any atom is -0.366 e. The molecule has 23 heavy (non-hydrogen) atoms. The lowest BCUT2D eigenvalue weighted by Gasteiger charge is -2.02. The SMILES string of the molecule is Cc1cc(C(N)=O)c(NC(=O)Cc2cn3cc(F)ccc3n2)s1. The maximum absolute atomic E-state index is 13.1. The number of imidazole rings is 1. The van der Waals surface area contributed by atoms with Gasteiger partial charge in [0, 0.05) is 17.3 Å². The van der Waals surface area contributed by atoms with Gasteiger partial charge >= 0.3 is 0 Å². The van der Waals surface area contributed by atoms with Crippen molar-refractivity contribution in [2.24, 2.45) is 5.73 Å². The number of halogens is 1. The van der Waals surface area contributed by atoms with Crippen molar-refractivity contribution in [2.45, 2.75) is 13.3 Å². The summed E-state index contributed by atoms with van der Waals surface area (Å²) in [7, 11) is 0. The molecule has 0 fully saturated rings. The molecule has 0 aliphatic heterocycles. The fourth-order valence-corrected chi connectivity index (χ4v) is 3.16. The average Bonchev–Trinajstić information content (AvgIpc) is 3.01. The van der Waals surface area contributed by atoms with Crippen LogP contribution in [0, 0.1) is 12.7 Å². The number of aromatic nitrogens is 2. The number of nitrogens with two attached hydrogens (primary N) is 1. The molecular weight excluding hydrogens is 319 g/mol. The number of nitrogens with zero attached hydrogens (tertiary/aromatic N) is 2. The molecule has 3 heterocycles. The normalized spacial score (nSPS) is 10.9. The third-order valence-electron chi connectivity index (χ3n) is 3.18. The van der Waals surface area contributed by atoms with E-state index in [0.29, 0.717) is 16.3 Å². The molecule has 8 heteroatoms. The van der Waals surface area contributed by atoms with Gasteiger partial charge in [0.2, 0.25) is 5.91 Å². The third-order valence-corrected chi connectivity index (χ3v) is 4.15. The largest absolute Gasteiger partial charge is 0.366 e. The van der Waals surface area contributed by atoms with Gasteiger partial charge in [-0.1, -0.05) is 0 Å². The number of pyridine rings is 1. The number of hydrogen-bond acceptors (Lipinski definition) is 4. The fraction of sp³-hybridized carbons (Fsp3) is 0.133. The fourth-order valence-electron chi connectivity index (χ4n) is 2.23. The lowest BCUT2D eigenvalue weighted by atomic mass is 10.2. The molecule has 2 amide bonds. The molecule has 6 nitrogen and oxygen atoms in total. The molecule has 3 aromatic rings. The number of amides is 2. The van der Waals surface area contributed by atoms with Crippen molar-refractivity contribution in [3.63, 3.8) is 0 Å². The Kier molecular flexibility index (Phi) is 3.83. The second-order valence-electron chi connectivity index (χ2n) is 5.03. The minimum atomic E-state index is -0.590. The summed E-state index contributed by atoms with van der Waals surface area (Å²) in [6.07, 6.45) is 2.89. The number of primary amides is 1. The van der Waals surface area contributed by atoms with Crippen LogP contribution in [0.3, 0.4) is 0 Å². The van der Waals surface area contributed by atoms with E-state index < -0.39 is 5.91 Å². The van der Waals surface area contributed by atoms with Gasteiger partial charge in [-0.05, 0) is 25.1 Å². The summed E-state index contributed by atoms with van der Waals surface area (Å²) in [4.78, 5) is 28.6. The Hall–Kier alpha value is -2.74. The zero-order chi connectivity index (χ0) is 16.6. The van der Waals surface area contributed by atoms with Crippen LogP contribution >= 0.6 is 11.3 Å². The molecular formula is C15H13FN4O2S. The van der Waals surface area contributed by atoms with Gasteiger partial charge in [-0.15, -0.1) is 11.3 Å². The standard InChI is InChI=1S/C15H13FN4O2S/c1-8-4-11(14(17)22)15(23-8)19-13(21)5-10-7-20-6-9(16)2-3-12(20)18-10/h2-4,6-7H,5H2,1H3,(H2,17,22)(H,19,21). The van der Waals surface area contributed by atoms with Gasteiger partial charge in [-0.2, -0.15) is 0 Å². The van der Waals surface area contributed by atoms with E-state index in [2.05, 4.69) is 10.3 Å². The third kappa shape index (κ3) is 3.21. The van der Waals surface area contributed by atoms with E-state index in [4.69, 9.17) is 5.73 Å². The van der Waals surface area contributed by atoms with Crippen molar-refractivity contribution in [1.29, 1.82) is 0 Å². The van der Waals surface area contributed by atoms with Gasteiger partial charge in [-0.25, -0.2) is 9.37 Å². The van der Waals surface area contributed by atoms with Gasteiger partial charge in [0.15, 0.2) is 0 Å². The number of anilines is 1. The Morgan fingerprint density at radius 3 is 2.91 bits per heavy atom. The first-order chi connectivity index (χ1) is 10.9.